The topological polar surface area (TPSA) is 68.3 Å². The smallest absolute Gasteiger partial charge is 0.244 e. The van der Waals surface area contributed by atoms with Gasteiger partial charge in [-0.1, -0.05) is 20.3 Å². The maximum absolute atomic E-state index is 12.8. The molecule has 6 heteroatoms. The van der Waals surface area contributed by atoms with Crippen LogP contribution in [-0.2, 0) is 23.1 Å². The maximum Gasteiger partial charge on any atom is 0.244 e. The van der Waals surface area contributed by atoms with E-state index in [-0.39, 0.29) is 0 Å². The number of aromatic nitrogens is 1. The Balaban J connectivity index is 2.26. The SMILES string of the molecule is CCCn1cc(S(=O)(=O)N2CCCC(CC)C2)cc1CN. The molecule has 2 rings (SSSR count). The number of piperidine rings is 1. The summed E-state index contributed by atoms with van der Waals surface area (Å²) in [7, 11) is -3.38. The highest BCUT2D eigenvalue weighted by atomic mass is 32.2. The van der Waals surface area contributed by atoms with Crippen LogP contribution in [0, 0.1) is 5.92 Å². The van der Waals surface area contributed by atoms with Crippen molar-refractivity contribution in [1.29, 1.82) is 0 Å². The van der Waals surface area contributed by atoms with Crippen LogP contribution in [0.1, 0.15) is 45.2 Å². The Morgan fingerprint density at radius 3 is 2.76 bits per heavy atom. The van der Waals surface area contributed by atoms with Gasteiger partial charge in [0.25, 0.3) is 0 Å². The Kier molecular flexibility index (Phi) is 5.46. The first-order chi connectivity index (χ1) is 10.0. The van der Waals surface area contributed by atoms with Gasteiger partial charge in [-0.05, 0) is 31.2 Å². The zero-order chi connectivity index (χ0) is 15.5. The molecule has 0 bridgehead atoms. The molecule has 0 amide bonds. The Bertz CT molecular complexity index is 565. The van der Waals surface area contributed by atoms with Gasteiger partial charge in [0, 0.05) is 38.1 Å². The average Bonchev–Trinajstić information content (AvgIpc) is 2.91. The molecule has 0 spiro atoms. The first kappa shape index (κ1) is 16.5. The molecule has 1 aliphatic rings. The molecule has 0 saturated carbocycles. The minimum atomic E-state index is -3.38. The van der Waals surface area contributed by atoms with Crippen molar-refractivity contribution < 1.29 is 8.42 Å². The first-order valence-electron chi connectivity index (χ1n) is 7.92. The van der Waals surface area contributed by atoms with Gasteiger partial charge < -0.3 is 10.3 Å². The van der Waals surface area contributed by atoms with Crippen LogP contribution in [0.2, 0.25) is 0 Å². The molecule has 2 heterocycles. The number of hydrogen-bond acceptors (Lipinski definition) is 3. The fraction of sp³-hybridized carbons (Fsp3) is 0.733. The second-order valence-electron chi connectivity index (χ2n) is 5.84. The number of hydrogen-bond donors (Lipinski definition) is 1. The van der Waals surface area contributed by atoms with E-state index >= 15 is 0 Å². The lowest BCUT2D eigenvalue weighted by Crippen LogP contribution is -2.39. The van der Waals surface area contributed by atoms with E-state index in [2.05, 4.69) is 13.8 Å². The Morgan fingerprint density at radius 1 is 1.38 bits per heavy atom. The van der Waals surface area contributed by atoms with Gasteiger partial charge in [-0.25, -0.2) is 8.42 Å². The highest BCUT2D eigenvalue weighted by Gasteiger charge is 2.30. The summed E-state index contributed by atoms with van der Waals surface area (Å²) in [6, 6.07) is 1.74. The van der Waals surface area contributed by atoms with E-state index in [1.807, 2.05) is 4.57 Å². The standard InChI is InChI=1S/C15H27N3O2S/c1-3-7-17-12-15(9-14(17)10-16)21(19,20)18-8-5-6-13(4-2)11-18/h9,12-13H,3-8,10-11,16H2,1-2H3. The zero-order valence-electron chi connectivity index (χ0n) is 13.1. The van der Waals surface area contributed by atoms with E-state index in [4.69, 9.17) is 5.73 Å². The van der Waals surface area contributed by atoms with Crippen LogP contribution in [0.4, 0.5) is 0 Å². The largest absolute Gasteiger partial charge is 0.349 e. The van der Waals surface area contributed by atoms with Gasteiger partial charge in [-0.3, -0.25) is 0 Å². The molecule has 2 N–H and O–H groups in total. The molecule has 1 aromatic rings. The molecule has 1 fully saturated rings. The van der Waals surface area contributed by atoms with Crippen molar-refractivity contribution in [2.24, 2.45) is 11.7 Å². The number of rotatable bonds is 6. The Hall–Kier alpha value is -0.850. The molecule has 21 heavy (non-hydrogen) atoms. The monoisotopic (exact) mass is 313 g/mol. The number of nitrogens with zero attached hydrogens (tertiary/aromatic N) is 2. The molecular formula is C15H27N3O2S. The van der Waals surface area contributed by atoms with Crippen LogP contribution in [0.3, 0.4) is 0 Å². The van der Waals surface area contributed by atoms with E-state index < -0.39 is 10.0 Å². The molecule has 0 radical (unpaired) electrons. The molecule has 1 atom stereocenters. The third-order valence-electron chi connectivity index (χ3n) is 4.33. The first-order valence-corrected chi connectivity index (χ1v) is 9.36. The van der Waals surface area contributed by atoms with Gasteiger partial charge in [0.1, 0.15) is 4.90 Å². The van der Waals surface area contributed by atoms with Gasteiger partial charge in [-0.2, -0.15) is 4.31 Å². The molecule has 120 valence electrons. The second-order valence-corrected chi connectivity index (χ2v) is 7.78. The highest BCUT2D eigenvalue weighted by molar-refractivity contribution is 7.89. The lowest BCUT2D eigenvalue weighted by Gasteiger charge is -2.31. The molecule has 1 unspecified atom stereocenters. The number of aryl methyl sites for hydroxylation is 1. The average molecular weight is 313 g/mol. The normalized spacial score (nSPS) is 20.8. The predicted octanol–water partition coefficient (Wildman–Crippen LogP) is 2.17. The minimum absolute atomic E-state index is 0.368. The van der Waals surface area contributed by atoms with Crippen molar-refractivity contribution in [3.8, 4) is 0 Å². The third kappa shape index (κ3) is 3.49. The Morgan fingerprint density at radius 2 is 2.14 bits per heavy atom. The summed E-state index contributed by atoms with van der Waals surface area (Å²) in [5.41, 5.74) is 6.62. The molecule has 0 aromatic carbocycles. The van der Waals surface area contributed by atoms with E-state index in [0.29, 0.717) is 30.4 Å². The lowest BCUT2D eigenvalue weighted by molar-refractivity contribution is 0.261. The van der Waals surface area contributed by atoms with Gasteiger partial charge in [0.2, 0.25) is 10.0 Å². The molecule has 5 nitrogen and oxygen atoms in total. The van der Waals surface area contributed by atoms with Gasteiger partial charge in [0.15, 0.2) is 0 Å². The van der Waals surface area contributed by atoms with Crippen LogP contribution in [0.5, 0.6) is 0 Å². The van der Waals surface area contributed by atoms with E-state index in [1.54, 1.807) is 16.6 Å². The van der Waals surface area contributed by atoms with Crippen LogP contribution >= 0.6 is 0 Å². The second kappa shape index (κ2) is 6.94. The van der Waals surface area contributed by atoms with Crippen molar-refractivity contribution in [3.63, 3.8) is 0 Å². The predicted molar refractivity (Wildman–Crippen MR) is 84.4 cm³/mol. The van der Waals surface area contributed by atoms with Crippen molar-refractivity contribution in [2.45, 2.75) is 57.5 Å². The van der Waals surface area contributed by atoms with Gasteiger partial charge >= 0.3 is 0 Å². The molecule has 1 aromatic heterocycles. The summed E-state index contributed by atoms with van der Waals surface area (Å²) < 4.78 is 29.2. The lowest BCUT2D eigenvalue weighted by atomic mass is 9.97. The van der Waals surface area contributed by atoms with E-state index in [0.717, 1.165) is 37.9 Å². The quantitative estimate of drug-likeness (QED) is 0.875. The summed E-state index contributed by atoms with van der Waals surface area (Å²) in [4.78, 5) is 0.396. The van der Waals surface area contributed by atoms with Crippen molar-refractivity contribution in [3.05, 3.63) is 18.0 Å². The molecule has 1 saturated heterocycles. The van der Waals surface area contributed by atoms with Crippen molar-refractivity contribution in [2.75, 3.05) is 13.1 Å². The van der Waals surface area contributed by atoms with Crippen LogP contribution in [-0.4, -0.2) is 30.4 Å². The fourth-order valence-electron chi connectivity index (χ4n) is 3.01. The van der Waals surface area contributed by atoms with Crippen LogP contribution in [0.15, 0.2) is 17.2 Å². The van der Waals surface area contributed by atoms with E-state index in [9.17, 15) is 8.42 Å². The molecule has 1 aliphatic heterocycles. The van der Waals surface area contributed by atoms with Crippen LogP contribution < -0.4 is 5.73 Å². The minimum Gasteiger partial charge on any atom is -0.349 e. The highest BCUT2D eigenvalue weighted by Crippen LogP contribution is 2.26. The summed E-state index contributed by atoms with van der Waals surface area (Å²) in [6.07, 6.45) is 5.83. The fourth-order valence-corrected chi connectivity index (χ4v) is 4.63. The summed E-state index contributed by atoms with van der Waals surface area (Å²) in [6.45, 7) is 6.66. The third-order valence-corrected chi connectivity index (χ3v) is 6.16. The van der Waals surface area contributed by atoms with Crippen molar-refractivity contribution in [1.82, 2.24) is 8.87 Å². The summed E-state index contributed by atoms with van der Waals surface area (Å²) in [5, 5.41) is 0. The van der Waals surface area contributed by atoms with Gasteiger partial charge in [0.05, 0.1) is 0 Å². The Labute approximate surface area is 128 Å². The zero-order valence-corrected chi connectivity index (χ0v) is 13.9. The summed E-state index contributed by atoms with van der Waals surface area (Å²) in [5.74, 6) is 0.486. The van der Waals surface area contributed by atoms with E-state index in [1.165, 1.54) is 0 Å². The number of nitrogens with two attached hydrogens (primary N) is 1. The molecular weight excluding hydrogens is 286 g/mol. The molecule has 0 aliphatic carbocycles. The van der Waals surface area contributed by atoms with Crippen molar-refractivity contribution >= 4 is 10.0 Å². The summed E-state index contributed by atoms with van der Waals surface area (Å²) >= 11 is 0. The maximum atomic E-state index is 12.8. The van der Waals surface area contributed by atoms with Crippen LogP contribution in [0.25, 0.3) is 0 Å². The van der Waals surface area contributed by atoms with Gasteiger partial charge in [-0.15, -0.1) is 0 Å². The number of sulfonamides is 1.